The molecule has 2 aliphatic rings. The van der Waals surface area contributed by atoms with Crippen LogP contribution in [0, 0.1) is 0 Å². The molecule has 1 amide bonds. The second-order valence-electron chi connectivity index (χ2n) is 7.01. The highest BCUT2D eigenvalue weighted by molar-refractivity contribution is 5.93. The number of nitrogens with one attached hydrogen (secondary N) is 1. The predicted molar refractivity (Wildman–Crippen MR) is 105 cm³/mol. The predicted octanol–water partition coefficient (Wildman–Crippen LogP) is 3.38. The lowest BCUT2D eigenvalue weighted by Gasteiger charge is -2.34. The maximum atomic E-state index is 12.9. The first-order chi connectivity index (χ1) is 13.2. The van der Waals surface area contributed by atoms with Gasteiger partial charge in [-0.05, 0) is 31.9 Å². The topological polar surface area (TPSA) is 67.4 Å². The van der Waals surface area contributed by atoms with Crippen molar-refractivity contribution in [2.24, 2.45) is 0 Å². The Morgan fingerprint density at radius 3 is 2.85 bits per heavy atom. The highest BCUT2D eigenvalue weighted by Gasteiger charge is 2.35. The monoisotopic (exact) mass is 364 g/mol. The molecule has 0 radical (unpaired) electrons. The first kappa shape index (κ1) is 17.5. The molecule has 6 heteroatoms. The smallest absolute Gasteiger partial charge is 0.256 e. The van der Waals surface area contributed by atoms with Crippen molar-refractivity contribution in [3.8, 4) is 5.75 Å². The molecule has 0 saturated carbocycles. The zero-order valence-corrected chi connectivity index (χ0v) is 15.5. The van der Waals surface area contributed by atoms with Gasteiger partial charge in [-0.25, -0.2) is 9.97 Å². The molecule has 1 spiro atoms. The lowest BCUT2D eigenvalue weighted by atomic mass is 9.91. The molecule has 0 bridgehead atoms. The SMILES string of the molecule is CCNc1ncc(C(=O)N2CCC[C@@]3(C=Cc4ccccc4O3)CC2)cn1. The third kappa shape index (κ3) is 3.65. The van der Waals surface area contributed by atoms with E-state index >= 15 is 0 Å². The summed E-state index contributed by atoms with van der Waals surface area (Å²) in [6, 6.07) is 8.08. The van der Waals surface area contributed by atoms with Crippen LogP contribution in [0.1, 0.15) is 42.1 Å². The second kappa shape index (κ2) is 7.39. The lowest BCUT2D eigenvalue weighted by molar-refractivity contribution is 0.0729. The van der Waals surface area contributed by atoms with Crippen LogP contribution >= 0.6 is 0 Å². The van der Waals surface area contributed by atoms with Crippen molar-refractivity contribution in [2.75, 3.05) is 25.0 Å². The second-order valence-corrected chi connectivity index (χ2v) is 7.01. The third-order valence-corrected chi connectivity index (χ3v) is 5.15. The molecule has 1 N–H and O–H groups in total. The van der Waals surface area contributed by atoms with Gasteiger partial charge < -0.3 is 15.0 Å². The Morgan fingerprint density at radius 1 is 1.22 bits per heavy atom. The number of hydrogen-bond donors (Lipinski definition) is 1. The van der Waals surface area contributed by atoms with Crippen LogP contribution in [0.5, 0.6) is 5.75 Å². The maximum absolute atomic E-state index is 12.9. The molecular formula is C21H24N4O2. The number of likely N-dealkylation sites (tertiary alicyclic amines) is 1. The molecule has 2 aromatic rings. The fourth-order valence-electron chi connectivity index (χ4n) is 3.68. The van der Waals surface area contributed by atoms with Crippen LogP contribution in [0.3, 0.4) is 0 Å². The Bertz CT molecular complexity index is 850. The molecule has 1 saturated heterocycles. The fraction of sp³-hybridized carbons (Fsp3) is 0.381. The number of anilines is 1. The minimum absolute atomic E-state index is 0.0183. The standard InChI is InChI=1S/C21H24N4O2/c1-2-22-20-23-14-17(15-24-20)19(26)25-12-5-9-21(11-13-25)10-8-16-6-3-4-7-18(16)27-21/h3-4,6-8,10,14-15H,2,5,9,11-13H2,1H3,(H,22,23,24)/t21-/m1/s1. The summed E-state index contributed by atoms with van der Waals surface area (Å²) in [7, 11) is 0. The Kier molecular flexibility index (Phi) is 4.79. The van der Waals surface area contributed by atoms with Crippen LogP contribution < -0.4 is 10.1 Å². The molecule has 140 valence electrons. The molecule has 4 rings (SSSR count). The number of amides is 1. The van der Waals surface area contributed by atoms with Crippen molar-refractivity contribution in [1.82, 2.24) is 14.9 Å². The van der Waals surface area contributed by atoms with Crippen LogP contribution in [-0.4, -0.2) is 46.0 Å². The summed E-state index contributed by atoms with van der Waals surface area (Å²) >= 11 is 0. The maximum Gasteiger partial charge on any atom is 0.256 e. The summed E-state index contributed by atoms with van der Waals surface area (Å²) in [6.07, 6.45) is 10.1. The zero-order valence-electron chi connectivity index (χ0n) is 15.5. The molecule has 1 atom stereocenters. The summed E-state index contributed by atoms with van der Waals surface area (Å²) in [5.41, 5.74) is 1.31. The minimum Gasteiger partial charge on any atom is -0.483 e. The quantitative estimate of drug-likeness (QED) is 0.904. The number of fused-ring (bicyclic) bond motifs is 1. The van der Waals surface area contributed by atoms with Crippen LogP contribution in [0.15, 0.2) is 42.7 Å². The molecule has 27 heavy (non-hydrogen) atoms. The van der Waals surface area contributed by atoms with Gasteiger partial charge in [0, 0.05) is 44.0 Å². The summed E-state index contributed by atoms with van der Waals surface area (Å²) in [6.45, 7) is 4.10. The normalized spacial score (nSPS) is 21.3. The summed E-state index contributed by atoms with van der Waals surface area (Å²) in [5.74, 6) is 1.45. The molecule has 6 nitrogen and oxygen atoms in total. The number of ether oxygens (including phenoxy) is 1. The lowest BCUT2D eigenvalue weighted by Crippen LogP contribution is -2.38. The van der Waals surface area contributed by atoms with Crippen molar-refractivity contribution in [3.63, 3.8) is 0 Å². The fourth-order valence-corrected chi connectivity index (χ4v) is 3.68. The average Bonchev–Trinajstić information content (AvgIpc) is 2.91. The number of rotatable bonds is 3. The van der Waals surface area contributed by atoms with Gasteiger partial charge in [-0.1, -0.05) is 24.3 Å². The molecule has 0 aliphatic carbocycles. The van der Waals surface area contributed by atoms with E-state index in [1.54, 1.807) is 12.4 Å². The number of hydrogen-bond acceptors (Lipinski definition) is 5. The Morgan fingerprint density at radius 2 is 2.04 bits per heavy atom. The van der Waals surface area contributed by atoms with Gasteiger partial charge in [0.05, 0.1) is 5.56 Å². The summed E-state index contributed by atoms with van der Waals surface area (Å²) < 4.78 is 6.36. The molecule has 1 fully saturated rings. The Hall–Kier alpha value is -2.89. The van der Waals surface area contributed by atoms with E-state index in [4.69, 9.17) is 4.74 Å². The van der Waals surface area contributed by atoms with Crippen LogP contribution in [0.2, 0.25) is 0 Å². The van der Waals surface area contributed by atoms with Gasteiger partial charge in [-0.3, -0.25) is 4.79 Å². The van der Waals surface area contributed by atoms with Crippen molar-refractivity contribution in [1.29, 1.82) is 0 Å². The Labute approximate surface area is 159 Å². The van der Waals surface area contributed by atoms with Gasteiger partial charge in [0.2, 0.25) is 5.95 Å². The van der Waals surface area contributed by atoms with Gasteiger partial charge in [0.25, 0.3) is 5.91 Å². The highest BCUT2D eigenvalue weighted by Crippen LogP contribution is 2.37. The summed E-state index contributed by atoms with van der Waals surface area (Å²) in [4.78, 5) is 23.2. The number of carbonyl (C=O) groups excluding carboxylic acids is 1. The number of benzene rings is 1. The van der Waals surface area contributed by atoms with Crippen molar-refractivity contribution in [2.45, 2.75) is 31.8 Å². The van der Waals surface area contributed by atoms with Crippen LogP contribution in [0.25, 0.3) is 6.08 Å². The number of para-hydroxylation sites is 1. The first-order valence-corrected chi connectivity index (χ1v) is 9.52. The van der Waals surface area contributed by atoms with Gasteiger partial charge in [-0.15, -0.1) is 0 Å². The molecule has 2 aliphatic heterocycles. The number of nitrogens with zero attached hydrogens (tertiary/aromatic N) is 3. The zero-order chi connectivity index (χ0) is 18.7. The van der Waals surface area contributed by atoms with E-state index in [9.17, 15) is 4.79 Å². The molecule has 1 aromatic carbocycles. The summed E-state index contributed by atoms with van der Waals surface area (Å²) in [5, 5.41) is 3.04. The molecule has 1 aromatic heterocycles. The number of carbonyl (C=O) groups is 1. The largest absolute Gasteiger partial charge is 0.483 e. The van der Waals surface area contributed by atoms with E-state index in [1.165, 1.54) is 0 Å². The molecule has 0 unspecified atom stereocenters. The van der Waals surface area contributed by atoms with E-state index in [-0.39, 0.29) is 11.5 Å². The number of aromatic nitrogens is 2. The van der Waals surface area contributed by atoms with Gasteiger partial charge in [0.1, 0.15) is 11.4 Å². The van der Waals surface area contributed by atoms with Crippen LogP contribution in [0.4, 0.5) is 5.95 Å². The highest BCUT2D eigenvalue weighted by atomic mass is 16.5. The van der Waals surface area contributed by atoms with E-state index in [0.717, 1.165) is 37.1 Å². The van der Waals surface area contributed by atoms with E-state index in [1.807, 2.05) is 30.0 Å². The van der Waals surface area contributed by atoms with Crippen molar-refractivity contribution < 1.29 is 9.53 Å². The Balaban J connectivity index is 1.45. The minimum atomic E-state index is -0.325. The van der Waals surface area contributed by atoms with Crippen LogP contribution in [-0.2, 0) is 0 Å². The van der Waals surface area contributed by atoms with E-state index < -0.39 is 0 Å². The van der Waals surface area contributed by atoms with Crippen molar-refractivity contribution >= 4 is 17.9 Å². The molecular weight excluding hydrogens is 340 g/mol. The van der Waals surface area contributed by atoms with Gasteiger partial charge in [0.15, 0.2) is 0 Å². The van der Waals surface area contributed by atoms with Gasteiger partial charge in [-0.2, -0.15) is 0 Å². The van der Waals surface area contributed by atoms with Gasteiger partial charge >= 0.3 is 0 Å². The van der Waals surface area contributed by atoms with E-state index in [2.05, 4.69) is 33.5 Å². The third-order valence-electron chi connectivity index (χ3n) is 5.15. The van der Waals surface area contributed by atoms with E-state index in [0.29, 0.717) is 24.6 Å². The first-order valence-electron chi connectivity index (χ1n) is 9.52. The molecule has 3 heterocycles. The van der Waals surface area contributed by atoms with Crippen molar-refractivity contribution in [3.05, 3.63) is 53.9 Å². The average molecular weight is 364 g/mol.